The number of nitrogens with zero attached hydrogens (tertiary/aromatic N) is 1. The third kappa shape index (κ3) is 6.13. The van der Waals surface area contributed by atoms with Crippen LogP contribution in [0.2, 0.25) is 0 Å². The summed E-state index contributed by atoms with van der Waals surface area (Å²) in [6, 6.07) is 29.1. The lowest BCUT2D eigenvalue weighted by molar-refractivity contribution is -0.140. The van der Waals surface area contributed by atoms with Crippen LogP contribution in [0, 0.1) is 6.92 Å². The molecule has 0 fully saturated rings. The molecule has 0 spiro atoms. The second kappa shape index (κ2) is 11.9. The van der Waals surface area contributed by atoms with Gasteiger partial charge in [-0.15, -0.1) is 0 Å². The van der Waals surface area contributed by atoms with Gasteiger partial charge in [0.05, 0.1) is 26.3 Å². The van der Waals surface area contributed by atoms with Crippen molar-refractivity contribution in [3.8, 4) is 5.75 Å². The van der Waals surface area contributed by atoms with Crippen LogP contribution in [0.3, 0.4) is 0 Å². The number of rotatable bonds is 10. The quantitative estimate of drug-likeness (QED) is 0.183. The monoisotopic (exact) mass is 500 g/mol. The van der Waals surface area contributed by atoms with Crippen molar-refractivity contribution < 1.29 is 14.3 Å². The van der Waals surface area contributed by atoms with Crippen LogP contribution in [0.25, 0.3) is 10.8 Å². The third-order valence-electron chi connectivity index (χ3n) is 6.24. The molecule has 0 aliphatic carbocycles. The molecular formula is C30H32N2O3S. The van der Waals surface area contributed by atoms with E-state index in [1.165, 1.54) is 18.2 Å². The number of esters is 1. The minimum atomic E-state index is -0.213. The smallest absolute Gasteiger partial charge is 0.307 e. The second-order valence-corrected chi connectivity index (χ2v) is 9.68. The van der Waals surface area contributed by atoms with Gasteiger partial charge in [0, 0.05) is 33.9 Å². The standard InChI is InChI=1S/C30H32N2O3S/c1-21-9-11-23(12-10-21)20-32(22(2)19-30(33)35-4)29-18-17-28(26-7-5-6-8-27(26)29)31-36-25-15-13-24(34-3)14-16-25/h5-18,22,31H,19-20H2,1-4H3/t22-/m0/s1. The van der Waals surface area contributed by atoms with Crippen molar-refractivity contribution in [3.05, 3.63) is 96.1 Å². The molecule has 36 heavy (non-hydrogen) atoms. The van der Waals surface area contributed by atoms with Gasteiger partial charge in [0.25, 0.3) is 0 Å². The minimum Gasteiger partial charge on any atom is -0.497 e. The molecule has 0 aliphatic rings. The molecule has 0 unspecified atom stereocenters. The van der Waals surface area contributed by atoms with E-state index in [-0.39, 0.29) is 12.0 Å². The maximum absolute atomic E-state index is 12.2. The molecule has 4 aromatic carbocycles. The molecule has 4 aromatic rings. The first-order chi connectivity index (χ1) is 17.5. The number of methoxy groups -OCH3 is 2. The zero-order valence-electron chi connectivity index (χ0n) is 21.2. The van der Waals surface area contributed by atoms with E-state index >= 15 is 0 Å². The van der Waals surface area contributed by atoms with E-state index in [9.17, 15) is 4.79 Å². The Balaban J connectivity index is 1.67. The van der Waals surface area contributed by atoms with Gasteiger partial charge in [-0.05, 0) is 67.8 Å². The zero-order chi connectivity index (χ0) is 25.5. The summed E-state index contributed by atoms with van der Waals surface area (Å²) in [4.78, 5) is 15.6. The molecule has 0 amide bonds. The summed E-state index contributed by atoms with van der Waals surface area (Å²) < 4.78 is 13.8. The lowest BCUT2D eigenvalue weighted by Crippen LogP contribution is -2.34. The van der Waals surface area contributed by atoms with E-state index in [0.717, 1.165) is 32.8 Å². The van der Waals surface area contributed by atoms with Gasteiger partial charge in [-0.1, -0.05) is 54.1 Å². The maximum atomic E-state index is 12.2. The predicted octanol–water partition coefficient (Wildman–Crippen LogP) is 7.23. The van der Waals surface area contributed by atoms with Crippen molar-refractivity contribution in [1.82, 2.24) is 0 Å². The number of carbonyl (C=O) groups is 1. The number of anilines is 2. The van der Waals surface area contributed by atoms with Crippen LogP contribution in [0.5, 0.6) is 5.75 Å². The van der Waals surface area contributed by atoms with E-state index < -0.39 is 0 Å². The molecular weight excluding hydrogens is 468 g/mol. The number of carbonyl (C=O) groups excluding carboxylic acids is 1. The average molecular weight is 501 g/mol. The highest BCUT2D eigenvalue weighted by Crippen LogP contribution is 2.36. The lowest BCUT2D eigenvalue weighted by Gasteiger charge is -2.32. The van der Waals surface area contributed by atoms with Gasteiger partial charge in [0.1, 0.15) is 5.75 Å². The number of hydrogen-bond donors (Lipinski definition) is 1. The summed E-state index contributed by atoms with van der Waals surface area (Å²) in [5, 5.41) is 2.25. The Labute approximate surface area is 217 Å². The van der Waals surface area contributed by atoms with Crippen molar-refractivity contribution in [2.24, 2.45) is 0 Å². The molecule has 186 valence electrons. The van der Waals surface area contributed by atoms with Crippen LogP contribution in [0.1, 0.15) is 24.5 Å². The molecule has 1 N–H and O–H groups in total. The molecule has 5 nitrogen and oxygen atoms in total. The molecule has 0 saturated carbocycles. The molecule has 0 aromatic heterocycles. The Bertz CT molecular complexity index is 1310. The van der Waals surface area contributed by atoms with E-state index in [1.807, 2.05) is 24.3 Å². The molecule has 1 atom stereocenters. The van der Waals surface area contributed by atoms with Gasteiger partial charge in [-0.2, -0.15) is 0 Å². The number of nitrogens with one attached hydrogen (secondary N) is 1. The molecule has 4 rings (SSSR count). The topological polar surface area (TPSA) is 50.8 Å². The number of aryl methyl sites for hydroxylation is 1. The first kappa shape index (κ1) is 25.5. The van der Waals surface area contributed by atoms with Crippen LogP contribution < -0.4 is 14.4 Å². The van der Waals surface area contributed by atoms with E-state index in [0.29, 0.717) is 13.0 Å². The molecule has 0 saturated heterocycles. The summed E-state index contributed by atoms with van der Waals surface area (Å²) in [7, 11) is 3.11. The Morgan fingerprint density at radius 1 is 0.917 bits per heavy atom. The lowest BCUT2D eigenvalue weighted by atomic mass is 10.0. The fourth-order valence-corrected chi connectivity index (χ4v) is 4.86. The molecule has 6 heteroatoms. The summed E-state index contributed by atoms with van der Waals surface area (Å²) in [6.07, 6.45) is 0.310. The Morgan fingerprint density at radius 3 is 2.28 bits per heavy atom. The Hall–Kier alpha value is -3.64. The van der Waals surface area contributed by atoms with Crippen molar-refractivity contribution in [3.63, 3.8) is 0 Å². The van der Waals surface area contributed by atoms with Gasteiger partial charge < -0.3 is 19.1 Å². The predicted molar refractivity (Wildman–Crippen MR) is 150 cm³/mol. The minimum absolute atomic E-state index is 0.0466. The van der Waals surface area contributed by atoms with Crippen LogP contribution in [0.4, 0.5) is 11.4 Å². The highest BCUT2D eigenvalue weighted by Gasteiger charge is 2.21. The normalized spacial score (nSPS) is 11.7. The largest absolute Gasteiger partial charge is 0.497 e. The third-order valence-corrected chi connectivity index (χ3v) is 7.07. The van der Waals surface area contributed by atoms with Crippen LogP contribution >= 0.6 is 11.9 Å². The number of hydrogen-bond acceptors (Lipinski definition) is 6. The van der Waals surface area contributed by atoms with Gasteiger partial charge in [-0.3, -0.25) is 4.79 Å². The highest BCUT2D eigenvalue weighted by molar-refractivity contribution is 8.00. The van der Waals surface area contributed by atoms with Crippen molar-refractivity contribution in [2.45, 2.75) is 37.8 Å². The van der Waals surface area contributed by atoms with Crippen LogP contribution in [-0.4, -0.2) is 26.2 Å². The SMILES string of the molecule is COC(=O)C[C@H](C)N(Cc1ccc(C)cc1)c1ccc(NSc2ccc(OC)cc2)c2ccccc12. The number of benzene rings is 4. The Morgan fingerprint density at radius 2 is 1.61 bits per heavy atom. The highest BCUT2D eigenvalue weighted by atomic mass is 32.2. The van der Waals surface area contributed by atoms with E-state index in [1.54, 1.807) is 19.1 Å². The fraction of sp³-hybridized carbons (Fsp3) is 0.233. The van der Waals surface area contributed by atoms with Crippen molar-refractivity contribution in [2.75, 3.05) is 23.8 Å². The fourth-order valence-electron chi connectivity index (χ4n) is 4.18. The molecule has 0 aliphatic heterocycles. The first-order valence-corrected chi connectivity index (χ1v) is 12.8. The van der Waals surface area contributed by atoms with Gasteiger partial charge in [-0.25, -0.2) is 0 Å². The summed E-state index contributed by atoms with van der Waals surface area (Å²) in [5.74, 6) is 0.624. The van der Waals surface area contributed by atoms with E-state index in [2.05, 4.69) is 84.1 Å². The van der Waals surface area contributed by atoms with Gasteiger partial charge in [0.2, 0.25) is 0 Å². The Kier molecular flexibility index (Phi) is 8.39. The first-order valence-electron chi connectivity index (χ1n) is 12.0. The molecule has 0 heterocycles. The average Bonchev–Trinajstić information content (AvgIpc) is 2.91. The van der Waals surface area contributed by atoms with Gasteiger partial charge >= 0.3 is 5.97 Å². The van der Waals surface area contributed by atoms with Crippen molar-refractivity contribution >= 4 is 40.1 Å². The van der Waals surface area contributed by atoms with E-state index in [4.69, 9.17) is 9.47 Å². The van der Waals surface area contributed by atoms with Crippen molar-refractivity contribution in [1.29, 1.82) is 0 Å². The number of fused-ring (bicyclic) bond motifs is 1. The zero-order valence-corrected chi connectivity index (χ0v) is 22.0. The summed E-state index contributed by atoms with van der Waals surface area (Å²) in [6.45, 7) is 4.85. The maximum Gasteiger partial charge on any atom is 0.307 e. The number of ether oxygens (including phenoxy) is 2. The summed E-state index contributed by atoms with van der Waals surface area (Å²) >= 11 is 1.56. The summed E-state index contributed by atoms with van der Waals surface area (Å²) in [5.41, 5.74) is 4.54. The molecule has 0 bridgehead atoms. The van der Waals surface area contributed by atoms with Crippen LogP contribution in [-0.2, 0) is 16.1 Å². The molecule has 0 radical (unpaired) electrons. The van der Waals surface area contributed by atoms with Gasteiger partial charge in [0.15, 0.2) is 0 Å². The van der Waals surface area contributed by atoms with Crippen LogP contribution in [0.15, 0.2) is 89.8 Å². The second-order valence-electron chi connectivity index (χ2n) is 8.80.